The average molecular weight is 340 g/mol. The van der Waals surface area contributed by atoms with E-state index in [0.717, 1.165) is 18.9 Å². The summed E-state index contributed by atoms with van der Waals surface area (Å²) in [7, 11) is 0. The van der Waals surface area contributed by atoms with E-state index in [4.69, 9.17) is 0 Å². The van der Waals surface area contributed by atoms with Crippen molar-refractivity contribution >= 4 is 23.0 Å². The van der Waals surface area contributed by atoms with Gasteiger partial charge >= 0.3 is 0 Å². The number of rotatable bonds is 5. The van der Waals surface area contributed by atoms with Crippen molar-refractivity contribution in [1.82, 2.24) is 9.97 Å². The van der Waals surface area contributed by atoms with Gasteiger partial charge in [-0.3, -0.25) is 15.5 Å². The summed E-state index contributed by atoms with van der Waals surface area (Å²) in [5.41, 5.74) is 4.28. The molecule has 1 fully saturated rings. The van der Waals surface area contributed by atoms with Crippen molar-refractivity contribution < 1.29 is 4.92 Å². The summed E-state index contributed by atoms with van der Waals surface area (Å²) < 4.78 is 0. The van der Waals surface area contributed by atoms with Crippen LogP contribution in [0.3, 0.4) is 0 Å². The van der Waals surface area contributed by atoms with Gasteiger partial charge in [-0.25, -0.2) is 9.97 Å². The van der Waals surface area contributed by atoms with Crippen molar-refractivity contribution in [2.75, 3.05) is 23.4 Å². The molecule has 1 N–H and O–H groups in total. The van der Waals surface area contributed by atoms with E-state index in [-0.39, 0.29) is 5.69 Å². The van der Waals surface area contributed by atoms with Crippen molar-refractivity contribution in [2.24, 2.45) is 5.10 Å². The number of benzene rings is 1. The molecular formula is C17H20N6O2. The second-order valence-electron chi connectivity index (χ2n) is 5.93. The van der Waals surface area contributed by atoms with Gasteiger partial charge in [-0.15, -0.1) is 0 Å². The van der Waals surface area contributed by atoms with Crippen LogP contribution in [0.5, 0.6) is 0 Å². The molecule has 2 aromatic rings. The quantitative estimate of drug-likeness (QED) is 0.510. The number of anilines is 2. The number of aromatic nitrogens is 2. The molecule has 1 aromatic heterocycles. The van der Waals surface area contributed by atoms with Gasteiger partial charge in [0.15, 0.2) is 5.82 Å². The maximum absolute atomic E-state index is 10.9. The fraction of sp³-hybridized carbons (Fsp3) is 0.353. The summed E-state index contributed by atoms with van der Waals surface area (Å²) in [6.45, 7) is 3.80. The number of non-ortho nitro benzene ring substituents is 1. The second-order valence-corrected chi connectivity index (χ2v) is 5.93. The minimum absolute atomic E-state index is 0.0430. The minimum atomic E-state index is -0.417. The highest BCUT2D eigenvalue weighted by Crippen LogP contribution is 2.19. The molecule has 8 heteroatoms. The Hall–Kier alpha value is -3.03. The summed E-state index contributed by atoms with van der Waals surface area (Å²) >= 11 is 0. The first-order valence-corrected chi connectivity index (χ1v) is 8.25. The molecule has 0 saturated carbocycles. The Morgan fingerprint density at radius 3 is 2.80 bits per heavy atom. The molecule has 1 aliphatic heterocycles. The lowest BCUT2D eigenvalue weighted by molar-refractivity contribution is -0.384. The molecule has 2 heterocycles. The first-order chi connectivity index (χ1) is 12.1. The third-order valence-electron chi connectivity index (χ3n) is 4.15. The van der Waals surface area contributed by atoms with Crippen molar-refractivity contribution in [3.63, 3.8) is 0 Å². The Balaban J connectivity index is 1.72. The topological polar surface area (TPSA) is 96.6 Å². The normalized spacial score (nSPS) is 15.1. The molecule has 0 radical (unpaired) electrons. The van der Waals surface area contributed by atoms with Crippen LogP contribution in [0, 0.1) is 10.1 Å². The Bertz CT molecular complexity index is 786. The number of piperidine rings is 1. The van der Waals surface area contributed by atoms with Crippen molar-refractivity contribution in [2.45, 2.75) is 26.2 Å². The number of nitrogens with one attached hydrogen (secondary N) is 1. The van der Waals surface area contributed by atoms with Crippen LogP contribution in [0.1, 0.15) is 31.7 Å². The number of hydrogen-bond donors (Lipinski definition) is 1. The van der Waals surface area contributed by atoms with E-state index in [2.05, 4.69) is 25.4 Å². The van der Waals surface area contributed by atoms with Crippen LogP contribution in [-0.4, -0.2) is 33.7 Å². The van der Waals surface area contributed by atoms with E-state index in [0.29, 0.717) is 17.1 Å². The van der Waals surface area contributed by atoms with Crippen LogP contribution in [0.15, 0.2) is 41.8 Å². The van der Waals surface area contributed by atoms with Gasteiger partial charge in [-0.1, -0.05) is 12.1 Å². The molecule has 130 valence electrons. The molecule has 0 bridgehead atoms. The first-order valence-electron chi connectivity index (χ1n) is 8.25. The first kappa shape index (κ1) is 16.8. The number of hydrazone groups is 1. The highest BCUT2D eigenvalue weighted by atomic mass is 16.6. The smallest absolute Gasteiger partial charge is 0.270 e. The molecule has 1 aliphatic rings. The van der Waals surface area contributed by atoms with Crippen LogP contribution < -0.4 is 10.3 Å². The molecule has 1 saturated heterocycles. The van der Waals surface area contributed by atoms with Crippen molar-refractivity contribution in [3.05, 3.63) is 52.3 Å². The van der Waals surface area contributed by atoms with Gasteiger partial charge in [0, 0.05) is 36.9 Å². The van der Waals surface area contributed by atoms with Gasteiger partial charge in [0.05, 0.1) is 10.6 Å². The summed E-state index contributed by atoms with van der Waals surface area (Å²) in [6, 6.07) is 8.26. The van der Waals surface area contributed by atoms with Gasteiger partial charge < -0.3 is 4.90 Å². The molecule has 8 nitrogen and oxygen atoms in total. The SMILES string of the molecule is C/C(=N/Nc1cc(N2CCCCC2)ncn1)c1cccc([N+](=O)[O-])c1. The number of nitrogens with zero attached hydrogens (tertiary/aromatic N) is 5. The van der Waals surface area contributed by atoms with Crippen LogP contribution >= 0.6 is 0 Å². The molecule has 0 spiro atoms. The predicted molar refractivity (Wildman–Crippen MR) is 97.0 cm³/mol. The lowest BCUT2D eigenvalue weighted by Gasteiger charge is -2.27. The molecular weight excluding hydrogens is 320 g/mol. The largest absolute Gasteiger partial charge is 0.356 e. The molecule has 0 unspecified atom stereocenters. The van der Waals surface area contributed by atoms with E-state index in [1.54, 1.807) is 19.1 Å². The van der Waals surface area contributed by atoms with E-state index in [1.807, 2.05) is 6.07 Å². The predicted octanol–water partition coefficient (Wildman–Crippen LogP) is 3.21. The second kappa shape index (κ2) is 7.69. The zero-order valence-electron chi connectivity index (χ0n) is 14.1. The Kier molecular flexibility index (Phi) is 5.17. The summed E-state index contributed by atoms with van der Waals surface area (Å²) in [4.78, 5) is 21.2. The van der Waals surface area contributed by atoms with Gasteiger partial charge in [0.1, 0.15) is 12.1 Å². The highest BCUT2D eigenvalue weighted by molar-refractivity contribution is 5.99. The lowest BCUT2D eigenvalue weighted by atomic mass is 10.1. The third kappa shape index (κ3) is 4.28. The Morgan fingerprint density at radius 2 is 2.04 bits per heavy atom. The van der Waals surface area contributed by atoms with Crippen molar-refractivity contribution in [3.8, 4) is 0 Å². The average Bonchev–Trinajstić information content (AvgIpc) is 2.67. The minimum Gasteiger partial charge on any atom is -0.356 e. The van der Waals surface area contributed by atoms with Crippen LogP contribution in [-0.2, 0) is 0 Å². The van der Waals surface area contributed by atoms with E-state index >= 15 is 0 Å². The van der Waals surface area contributed by atoms with Gasteiger partial charge in [-0.2, -0.15) is 5.10 Å². The number of nitro groups is 1. The van der Waals surface area contributed by atoms with E-state index in [1.165, 1.54) is 37.7 Å². The van der Waals surface area contributed by atoms with Crippen molar-refractivity contribution in [1.29, 1.82) is 0 Å². The van der Waals surface area contributed by atoms with E-state index < -0.39 is 4.92 Å². The third-order valence-corrected chi connectivity index (χ3v) is 4.15. The Morgan fingerprint density at radius 1 is 1.24 bits per heavy atom. The summed E-state index contributed by atoms with van der Waals surface area (Å²) in [5.74, 6) is 1.49. The molecule has 1 aromatic carbocycles. The zero-order valence-corrected chi connectivity index (χ0v) is 14.1. The monoisotopic (exact) mass is 340 g/mol. The molecule has 0 aliphatic carbocycles. The molecule has 3 rings (SSSR count). The van der Waals surface area contributed by atoms with Gasteiger partial charge in [-0.05, 0) is 26.2 Å². The standard InChI is InChI=1S/C17H20N6O2/c1-13(14-6-5-7-15(10-14)23(24)25)20-21-16-11-17(19-12-18-16)22-8-3-2-4-9-22/h5-7,10-12H,2-4,8-9H2,1H3,(H,18,19,21)/b20-13-. The summed E-state index contributed by atoms with van der Waals surface area (Å²) in [6.07, 6.45) is 5.14. The molecule has 25 heavy (non-hydrogen) atoms. The van der Waals surface area contributed by atoms with Gasteiger partial charge in [0.25, 0.3) is 5.69 Å². The van der Waals surface area contributed by atoms with Crippen LogP contribution in [0.25, 0.3) is 0 Å². The lowest BCUT2D eigenvalue weighted by Crippen LogP contribution is -2.30. The molecule has 0 amide bonds. The maximum Gasteiger partial charge on any atom is 0.270 e. The number of hydrogen-bond acceptors (Lipinski definition) is 7. The Labute approximate surface area is 145 Å². The highest BCUT2D eigenvalue weighted by Gasteiger charge is 2.12. The fourth-order valence-corrected chi connectivity index (χ4v) is 2.75. The molecule has 0 atom stereocenters. The number of nitro benzene ring substituents is 1. The maximum atomic E-state index is 10.9. The van der Waals surface area contributed by atoms with Crippen LogP contribution in [0.2, 0.25) is 0 Å². The zero-order chi connectivity index (χ0) is 17.6. The van der Waals surface area contributed by atoms with E-state index in [9.17, 15) is 10.1 Å². The fourth-order valence-electron chi connectivity index (χ4n) is 2.75. The van der Waals surface area contributed by atoms with Gasteiger partial charge in [0.2, 0.25) is 0 Å². The van der Waals surface area contributed by atoms with Crippen LogP contribution in [0.4, 0.5) is 17.3 Å². The summed E-state index contributed by atoms with van der Waals surface area (Å²) in [5, 5.41) is 15.2.